The van der Waals surface area contributed by atoms with Gasteiger partial charge in [0.1, 0.15) is 17.7 Å². The normalized spacial score (nSPS) is 12.4. The smallest absolute Gasteiger partial charge is 0.125 e. The maximum atomic E-state index is 12.9. The summed E-state index contributed by atoms with van der Waals surface area (Å²) in [7, 11) is 0. The monoisotopic (exact) mass is 310 g/mol. The van der Waals surface area contributed by atoms with Gasteiger partial charge in [-0.1, -0.05) is 22.0 Å². The van der Waals surface area contributed by atoms with Crippen LogP contribution in [0.4, 0.5) is 4.39 Å². The largest absolute Gasteiger partial charge is 0.386 e. The van der Waals surface area contributed by atoms with Crippen molar-refractivity contribution in [1.29, 1.82) is 0 Å². The molecule has 0 aliphatic rings. The Hall–Kier alpha value is -1.33. The molecule has 1 aromatic heterocycles. The minimum atomic E-state index is -0.728. The lowest BCUT2D eigenvalue weighted by atomic mass is 10.1. The zero-order valence-corrected chi connectivity index (χ0v) is 11.4. The molecule has 18 heavy (non-hydrogen) atoms. The molecule has 0 amide bonds. The zero-order chi connectivity index (χ0) is 13.1. The van der Waals surface area contributed by atoms with Crippen molar-refractivity contribution in [2.75, 3.05) is 0 Å². The number of aliphatic hydroxyl groups excluding tert-OH is 1. The highest BCUT2D eigenvalue weighted by Crippen LogP contribution is 2.23. The molecule has 0 spiro atoms. The minimum absolute atomic E-state index is 0.307. The topological polar surface area (TPSA) is 46.0 Å². The van der Waals surface area contributed by atoms with Gasteiger partial charge >= 0.3 is 0 Å². The second-order valence-corrected chi connectivity index (χ2v) is 4.84. The predicted molar refractivity (Wildman–Crippen MR) is 69.5 cm³/mol. The lowest BCUT2D eigenvalue weighted by Gasteiger charge is -2.11. The molecule has 0 radical (unpaired) electrons. The van der Waals surface area contributed by atoms with Crippen LogP contribution in [0.15, 0.2) is 34.9 Å². The average Bonchev–Trinajstić information content (AvgIpc) is 2.32. The van der Waals surface area contributed by atoms with Crippen molar-refractivity contribution >= 4 is 15.9 Å². The van der Waals surface area contributed by atoms with Gasteiger partial charge in [-0.3, -0.25) is 0 Å². The Kier molecular flexibility index (Phi) is 4.04. The molecule has 1 atom stereocenters. The number of rotatable bonds is 3. The van der Waals surface area contributed by atoms with Gasteiger partial charge in [-0.15, -0.1) is 0 Å². The molecule has 5 heteroatoms. The number of aliphatic hydroxyl groups is 1. The van der Waals surface area contributed by atoms with E-state index in [9.17, 15) is 9.50 Å². The van der Waals surface area contributed by atoms with Gasteiger partial charge in [0.05, 0.1) is 5.69 Å². The standard InChI is InChI=1S/C13H12BrFN2O/c1-8-16-5-4-12(17-8)13(18)6-9-2-3-10(15)7-11(9)14/h2-5,7,13,18H,6H2,1H3. The first-order valence-corrected chi connectivity index (χ1v) is 6.27. The second-order valence-electron chi connectivity index (χ2n) is 3.98. The molecule has 1 unspecified atom stereocenters. The van der Waals surface area contributed by atoms with Gasteiger partial charge in [0.15, 0.2) is 0 Å². The summed E-state index contributed by atoms with van der Waals surface area (Å²) in [6.07, 6.45) is 1.26. The summed E-state index contributed by atoms with van der Waals surface area (Å²) in [5, 5.41) is 10.1. The number of hydrogen-bond acceptors (Lipinski definition) is 3. The summed E-state index contributed by atoms with van der Waals surface area (Å²) < 4.78 is 13.6. The first-order valence-electron chi connectivity index (χ1n) is 5.48. The van der Waals surface area contributed by atoms with Gasteiger partial charge in [0.2, 0.25) is 0 Å². The van der Waals surface area contributed by atoms with Gasteiger partial charge in [-0.05, 0) is 30.7 Å². The molecule has 1 heterocycles. The van der Waals surface area contributed by atoms with E-state index in [2.05, 4.69) is 25.9 Å². The molecule has 1 N–H and O–H groups in total. The van der Waals surface area contributed by atoms with E-state index in [1.807, 2.05) is 0 Å². The summed E-state index contributed by atoms with van der Waals surface area (Å²) >= 11 is 3.28. The van der Waals surface area contributed by atoms with Crippen molar-refractivity contribution in [2.24, 2.45) is 0 Å². The van der Waals surface area contributed by atoms with Gasteiger partial charge < -0.3 is 5.11 Å². The quantitative estimate of drug-likeness (QED) is 0.948. The summed E-state index contributed by atoms with van der Waals surface area (Å²) in [5.41, 5.74) is 1.40. The van der Waals surface area contributed by atoms with Crippen LogP contribution in [0.25, 0.3) is 0 Å². The maximum Gasteiger partial charge on any atom is 0.125 e. The fraction of sp³-hybridized carbons (Fsp3) is 0.231. The second kappa shape index (κ2) is 5.54. The van der Waals surface area contributed by atoms with E-state index < -0.39 is 6.10 Å². The molecule has 0 bridgehead atoms. The Morgan fingerprint density at radius 2 is 2.17 bits per heavy atom. The van der Waals surface area contributed by atoms with Crippen molar-refractivity contribution < 1.29 is 9.50 Å². The highest BCUT2D eigenvalue weighted by Gasteiger charge is 2.12. The molecule has 0 aliphatic carbocycles. The van der Waals surface area contributed by atoms with Crippen LogP contribution in [0.3, 0.4) is 0 Å². The summed E-state index contributed by atoms with van der Waals surface area (Å²) in [6.45, 7) is 1.77. The molecule has 2 aromatic rings. The van der Waals surface area contributed by atoms with Crippen LogP contribution in [0.1, 0.15) is 23.2 Å². The molecular formula is C13H12BrFN2O. The van der Waals surface area contributed by atoms with Gasteiger partial charge in [-0.25, -0.2) is 14.4 Å². The minimum Gasteiger partial charge on any atom is -0.386 e. The van der Waals surface area contributed by atoms with Crippen LogP contribution in [0.2, 0.25) is 0 Å². The Morgan fingerprint density at radius 3 is 2.83 bits per heavy atom. The fourth-order valence-electron chi connectivity index (χ4n) is 1.66. The summed E-state index contributed by atoms with van der Waals surface area (Å²) in [6, 6.07) is 6.08. The van der Waals surface area contributed by atoms with E-state index in [-0.39, 0.29) is 5.82 Å². The third-order valence-electron chi connectivity index (χ3n) is 2.57. The third kappa shape index (κ3) is 3.11. The van der Waals surface area contributed by atoms with Crippen LogP contribution >= 0.6 is 15.9 Å². The van der Waals surface area contributed by atoms with Crippen molar-refractivity contribution in [1.82, 2.24) is 9.97 Å². The molecule has 1 aromatic carbocycles. The molecule has 0 saturated heterocycles. The molecule has 2 rings (SSSR count). The summed E-state index contributed by atoms with van der Waals surface area (Å²) in [5.74, 6) is 0.308. The maximum absolute atomic E-state index is 12.9. The van der Waals surface area contributed by atoms with Crippen molar-refractivity contribution in [3.8, 4) is 0 Å². The van der Waals surface area contributed by atoms with E-state index in [4.69, 9.17) is 0 Å². The first-order chi connectivity index (χ1) is 8.56. The number of hydrogen-bond donors (Lipinski definition) is 1. The lowest BCUT2D eigenvalue weighted by molar-refractivity contribution is 0.173. The zero-order valence-electron chi connectivity index (χ0n) is 9.77. The Bertz CT molecular complexity index is 562. The predicted octanol–water partition coefficient (Wildman–Crippen LogP) is 2.96. The molecule has 3 nitrogen and oxygen atoms in total. The number of halogens is 2. The highest BCUT2D eigenvalue weighted by atomic mass is 79.9. The number of benzene rings is 1. The lowest BCUT2D eigenvalue weighted by Crippen LogP contribution is -2.06. The number of aromatic nitrogens is 2. The molecule has 94 valence electrons. The van der Waals surface area contributed by atoms with Crippen LogP contribution < -0.4 is 0 Å². The average molecular weight is 311 g/mol. The van der Waals surface area contributed by atoms with Crippen LogP contribution in [0, 0.1) is 12.7 Å². The van der Waals surface area contributed by atoms with E-state index >= 15 is 0 Å². The Morgan fingerprint density at radius 1 is 1.39 bits per heavy atom. The fourth-order valence-corrected chi connectivity index (χ4v) is 2.17. The van der Waals surface area contributed by atoms with E-state index in [1.165, 1.54) is 12.1 Å². The molecular weight excluding hydrogens is 299 g/mol. The third-order valence-corrected chi connectivity index (χ3v) is 3.31. The number of nitrogens with zero attached hydrogens (tertiary/aromatic N) is 2. The van der Waals surface area contributed by atoms with Crippen LogP contribution in [-0.2, 0) is 6.42 Å². The van der Waals surface area contributed by atoms with Gasteiger partial charge in [0, 0.05) is 17.1 Å². The summed E-state index contributed by atoms with van der Waals surface area (Å²) in [4.78, 5) is 8.14. The van der Waals surface area contributed by atoms with Crippen molar-refractivity contribution in [2.45, 2.75) is 19.4 Å². The SMILES string of the molecule is Cc1nccc(C(O)Cc2ccc(F)cc2Br)n1. The van der Waals surface area contributed by atoms with E-state index in [0.29, 0.717) is 22.4 Å². The molecule has 0 saturated carbocycles. The molecule has 0 aliphatic heterocycles. The Labute approximate surface area is 113 Å². The number of aryl methyl sites for hydroxylation is 1. The van der Waals surface area contributed by atoms with Crippen molar-refractivity contribution in [3.63, 3.8) is 0 Å². The van der Waals surface area contributed by atoms with E-state index in [0.717, 1.165) is 5.56 Å². The van der Waals surface area contributed by atoms with Crippen molar-refractivity contribution in [3.05, 3.63) is 57.8 Å². The first kappa shape index (κ1) is 13.1. The Balaban J connectivity index is 2.18. The van der Waals surface area contributed by atoms with Crippen LogP contribution in [0.5, 0.6) is 0 Å². The molecule has 0 fully saturated rings. The van der Waals surface area contributed by atoms with Gasteiger partial charge in [-0.2, -0.15) is 0 Å². The van der Waals surface area contributed by atoms with E-state index in [1.54, 1.807) is 25.3 Å². The van der Waals surface area contributed by atoms with Crippen LogP contribution in [-0.4, -0.2) is 15.1 Å². The van der Waals surface area contributed by atoms with Gasteiger partial charge in [0.25, 0.3) is 0 Å². The highest BCUT2D eigenvalue weighted by molar-refractivity contribution is 9.10.